The Kier molecular flexibility index (Phi) is 3.10. The van der Waals surface area contributed by atoms with Crippen LogP contribution in [0.4, 0.5) is 0 Å². The molecule has 1 fully saturated rings. The number of carbonyl (C=O) groups excluding carboxylic acids is 2. The van der Waals surface area contributed by atoms with Crippen molar-refractivity contribution >= 4 is 11.8 Å². The smallest absolute Gasteiger partial charge is 0.341 e. The van der Waals surface area contributed by atoms with Gasteiger partial charge in [-0.2, -0.15) is 0 Å². The summed E-state index contributed by atoms with van der Waals surface area (Å²) in [4.78, 5) is 23.1. The molecule has 1 heterocycles. The fraction of sp³-hybridized carbons (Fsp3) is 0.333. The monoisotopic (exact) mass is 236 g/mol. The van der Waals surface area contributed by atoms with Crippen LogP contribution in [-0.4, -0.2) is 36.7 Å². The number of hydrogen-bond acceptors (Lipinski definition) is 5. The van der Waals surface area contributed by atoms with Gasteiger partial charge in [0.2, 0.25) is 0 Å². The number of methoxy groups -OCH3 is 1. The second-order valence-corrected chi connectivity index (χ2v) is 3.81. The van der Waals surface area contributed by atoms with E-state index in [1.807, 2.05) is 0 Å². The third-order valence-corrected chi connectivity index (χ3v) is 2.54. The van der Waals surface area contributed by atoms with Gasteiger partial charge in [-0.25, -0.2) is 4.79 Å². The number of esters is 1. The summed E-state index contributed by atoms with van der Waals surface area (Å²) >= 11 is 0. The van der Waals surface area contributed by atoms with Crippen molar-refractivity contribution in [3.63, 3.8) is 0 Å². The normalized spacial score (nSPS) is 17.6. The molecule has 1 aromatic carbocycles. The van der Waals surface area contributed by atoms with Gasteiger partial charge in [-0.15, -0.1) is 0 Å². The van der Waals surface area contributed by atoms with Crippen LogP contribution in [0.15, 0.2) is 18.2 Å². The maximum Gasteiger partial charge on any atom is 0.341 e. The minimum Gasteiger partial charge on any atom is -0.507 e. The maximum absolute atomic E-state index is 11.8. The zero-order valence-corrected chi connectivity index (χ0v) is 9.30. The molecule has 0 saturated carbocycles. The number of carbonyl (C=O) groups is 2. The van der Waals surface area contributed by atoms with Crippen molar-refractivity contribution in [1.29, 1.82) is 0 Å². The SMILES string of the molecule is COC(=O)c1cc(C(=O)CC2CO2)ccc1O. The number of Topliss-reactive ketones (excluding diaryl/α,β-unsaturated/α-hetero) is 1. The van der Waals surface area contributed by atoms with E-state index in [4.69, 9.17) is 4.74 Å². The molecule has 0 amide bonds. The minimum absolute atomic E-state index is 0.00196. The number of epoxide rings is 1. The third kappa shape index (κ3) is 2.62. The summed E-state index contributed by atoms with van der Waals surface area (Å²) in [7, 11) is 1.22. The number of ether oxygens (including phenoxy) is 2. The molecular weight excluding hydrogens is 224 g/mol. The Labute approximate surface area is 98.0 Å². The number of hydrogen-bond donors (Lipinski definition) is 1. The van der Waals surface area contributed by atoms with Gasteiger partial charge >= 0.3 is 5.97 Å². The van der Waals surface area contributed by atoms with Crippen LogP contribution in [0, 0.1) is 0 Å². The van der Waals surface area contributed by atoms with Gasteiger partial charge in [0.1, 0.15) is 11.3 Å². The first-order valence-corrected chi connectivity index (χ1v) is 5.18. The van der Waals surface area contributed by atoms with Crippen molar-refractivity contribution in [3.05, 3.63) is 29.3 Å². The molecule has 0 radical (unpaired) electrons. The fourth-order valence-electron chi connectivity index (χ4n) is 1.49. The highest BCUT2D eigenvalue weighted by atomic mass is 16.6. The number of phenols is 1. The molecule has 17 heavy (non-hydrogen) atoms. The predicted molar refractivity (Wildman–Crippen MR) is 58.1 cm³/mol. The van der Waals surface area contributed by atoms with E-state index in [2.05, 4.69) is 4.74 Å². The lowest BCUT2D eigenvalue weighted by atomic mass is 10.0. The highest BCUT2D eigenvalue weighted by Crippen LogP contribution is 2.22. The Hall–Kier alpha value is -1.88. The van der Waals surface area contributed by atoms with Gasteiger partial charge in [-0.1, -0.05) is 0 Å². The zero-order valence-electron chi connectivity index (χ0n) is 9.30. The molecular formula is C12H12O5. The highest BCUT2D eigenvalue weighted by Gasteiger charge is 2.26. The molecule has 0 aliphatic carbocycles. The number of phenolic OH excluding ortho intramolecular Hbond substituents is 1. The van der Waals surface area contributed by atoms with Gasteiger partial charge in [-0.05, 0) is 18.2 Å². The van der Waals surface area contributed by atoms with E-state index in [9.17, 15) is 14.7 Å². The summed E-state index contributed by atoms with van der Waals surface area (Å²) in [6, 6.07) is 4.13. The van der Waals surface area contributed by atoms with Crippen LogP contribution in [-0.2, 0) is 9.47 Å². The minimum atomic E-state index is -0.667. The lowest BCUT2D eigenvalue weighted by molar-refractivity contribution is 0.0597. The van der Waals surface area contributed by atoms with E-state index in [0.717, 1.165) is 0 Å². The van der Waals surface area contributed by atoms with Gasteiger partial charge in [-0.3, -0.25) is 4.79 Å². The summed E-state index contributed by atoms with van der Waals surface area (Å²) in [5, 5.41) is 9.48. The Morgan fingerprint density at radius 3 is 2.82 bits per heavy atom. The molecule has 1 unspecified atom stereocenters. The standard InChI is InChI=1S/C12H12O5/c1-16-12(15)9-4-7(2-3-10(9)13)11(14)5-8-6-17-8/h2-4,8,13H,5-6H2,1H3. The van der Waals surface area contributed by atoms with Gasteiger partial charge in [0.15, 0.2) is 5.78 Å². The van der Waals surface area contributed by atoms with Crippen molar-refractivity contribution < 1.29 is 24.2 Å². The van der Waals surface area contributed by atoms with Crippen molar-refractivity contribution in [1.82, 2.24) is 0 Å². The van der Waals surface area contributed by atoms with E-state index in [0.29, 0.717) is 18.6 Å². The van der Waals surface area contributed by atoms with E-state index in [1.54, 1.807) is 0 Å². The first-order chi connectivity index (χ1) is 8.11. The van der Waals surface area contributed by atoms with E-state index in [-0.39, 0.29) is 23.2 Å². The average molecular weight is 236 g/mol. The molecule has 5 heteroatoms. The largest absolute Gasteiger partial charge is 0.507 e. The first kappa shape index (κ1) is 11.6. The average Bonchev–Trinajstić information content (AvgIpc) is 3.12. The van der Waals surface area contributed by atoms with Gasteiger partial charge in [0.25, 0.3) is 0 Å². The Morgan fingerprint density at radius 2 is 2.24 bits per heavy atom. The molecule has 1 aromatic rings. The summed E-state index contributed by atoms with van der Waals surface area (Å²) in [6.07, 6.45) is 0.295. The summed E-state index contributed by atoms with van der Waals surface area (Å²) < 4.78 is 9.47. The molecule has 0 bridgehead atoms. The van der Waals surface area contributed by atoms with Crippen LogP contribution in [0.25, 0.3) is 0 Å². The Balaban J connectivity index is 2.22. The lowest BCUT2D eigenvalue weighted by Gasteiger charge is -2.05. The van der Waals surface area contributed by atoms with Crippen LogP contribution < -0.4 is 0 Å². The summed E-state index contributed by atoms with van der Waals surface area (Å²) in [6.45, 7) is 0.605. The Morgan fingerprint density at radius 1 is 1.53 bits per heavy atom. The molecule has 90 valence electrons. The van der Waals surface area contributed by atoms with Crippen LogP contribution in [0.5, 0.6) is 5.75 Å². The van der Waals surface area contributed by atoms with Gasteiger partial charge in [0, 0.05) is 12.0 Å². The van der Waals surface area contributed by atoms with E-state index in [1.165, 1.54) is 25.3 Å². The number of ketones is 1. The van der Waals surface area contributed by atoms with E-state index < -0.39 is 5.97 Å². The van der Waals surface area contributed by atoms with E-state index >= 15 is 0 Å². The van der Waals surface area contributed by atoms with Gasteiger partial charge < -0.3 is 14.6 Å². The maximum atomic E-state index is 11.8. The predicted octanol–water partition coefficient (Wildman–Crippen LogP) is 1.15. The molecule has 0 spiro atoms. The topological polar surface area (TPSA) is 76.1 Å². The van der Waals surface area contributed by atoms with Gasteiger partial charge in [0.05, 0.1) is 19.8 Å². The second-order valence-electron chi connectivity index (χ2n) is 3.81. The fourth-order valence-corrected chi connectivity index (χ4v) is 1.49. The quantitative estimate of drug-likeness (QED) is 0.482. The molecule has 1 aliphatic rings. The number of aromatic hydroxyl groups is 1. The first-order valence-electron chi connectivity index (χ1n) is 5.18. The molecule has 1 atom stereocenters. The molecule has 5 nitrogen and oxygen atoms in total. The molecule has 2 rings (SSSR count). The number of benzene rings is 1. The van der Waals surface area contributed by atoms with Crippen molar-refractivity contribution in [2.75, 3.05) is 13.7 Å². The molecule has 0 aromatic heterocycles. The van der Waals surface area contributed by atoms with Crippen molar-refractivity contribution in [2.24, 2.45) is 0 Å². The zero-order chi connectivity index (χ0) is 12.4. The third-order valence-electron chi connectivity index (χ3n) is 2.54. The molecule has 1 N–H and O–H groups in total. The summed E-state index contributed by atoms with van der Waals surface area (Å²) in [5.41, 5.74) is 0.369. The summed E-state index contributed by atoms with van der Waals surface area (Å²) in [5.74, 6) is -0.978. The van der Waals surface area contributed by atoms with Crippen molar-refractivity contribution in [3.8, 4) is 5.75 Å². The van der Waals surface area contributed by atoms with Crippen molar-refractivity contribution in [2.45, 2.75) is 12.5 Å². The van der Waals surface area contributed by atoms with Crippen LogP contribution in [0.3, 0.4) is 0 Å². The molecule has 1 saturated heterocycles. The highest BCUT2D eigenvalue weighted by molar-refractivity contribution is 6.00. The number of rotatable bonds is 4. The Bertz CT molecular complexity index is 462. The van der Waals surface area contributed by atoms with Crippen LogP contribution in [0.1, 0.15) is 27.1 Å². The second kappa shape index (κ2) is 4.55. The molecule has 1 aliphatic heterocycles. The lowest BCUT2D eigenvalue weighted by Crippen LogP contribution is -2.07. The van der Waals surface area contributed by atoms with Crippen LogP contribution in [0.2, 0.25) is 0 Å². The van der Waals surface area contributed by atoms with Crippen LogP contribution >= 0.6 is 0 Å².